The highest BCUT2D eigenvalue weighted by Gasteiger charge is 2.43. The molecule has 0 saturated carbocycles. The molecule has 2 fully saturated rings. The van der Waals surface area contributed by atoms with Crippen LogP contribution in [0.25, 0.3) is 0 Å². The molecule has 2 aliphatic heterocycles. The van der Waals surface area contributed by atoms with Gasteiger partial charge >= 0.3 is 0 Å². The molecule has 7 nitrogen and oxygen atoms in total. The van der Waals surface area contributed by atoms with Gasteiger partial charge in [0.2, 0.25) is 11.7 Å². The van der Waals surface area contributed by atoms with Gasteiger partial charge in [-0.3, -0.25) is 9.59 Å². The highest BCUT2D eigenvalue weighted by molar-refractivity contribution is 5.95. The number of amides is 2. The van der Waals surface area contributed by atoms with Crippen LogP contribution >= 0.6 is 0 Å². The number of carbonyl (C=O) groups excluding carboxylic acids is 2. The molecule has 176 valence electrons. The Morgan fingerprint density at radius 2 is 1.55 bits per heavy atom. The summed E-state index contributed by atoms with van der Waals surface area (Å²) in [6.07, 6.45) is 1.95. The highest BCUT2D eigenvalue weighted by atomic mass is 19.1. The summed E-state index contributed by atoms with van der Waals surface area (Å²) in [5.41, 5.74) is 0.821. The number of hydrogen-bond donors (Lipinski definition) is 0. The second-order valence-corrected chi connectivity index (χ2v) is 8.39. The van der Waals surface area contributed by atoms with Crippen molar-refractivity contribution in [3.05, 3.63) is 53.3 Å². The van der Waals surface area contributed by atoms with Crippen molar-refractivity contribution in [1.82, 2.24) is 9.80 Å². The summed E-state index contributed by atoms with van der Waals surface area (Å²) in [5, 5.41) is 0. The van der Waals surface area contributed by atoms with E-state index in [4.69, 9.17) is 14.2 Å². The fraction of sp³-hybridized carbons (Fsp3) is 0.440. The Morgan fingerprint density at radius 1 is 0.909 bits per heavy atom. The van der Waals surface area contributed by atoms with Crippen molar-refractivity contribution in [2.24, 2.45) is 5.92 Å². The van der Waals surface area contributed by atoms with Crippen LogP contribution in [-0.4, -0.2) is 69.1 Å². The zero-order valence-corrected chi connectivity index (χ0v) is 19.2. The first-order valence-corrected chi connectivity index (χ1v) is 11.1. The van der Waals surface area contributed by atoms with Crippen LogP contribution in [0.2, 0.25) is 0 Å². The van der Waals surface area contributed by atoms with E-state index in [9.17, 15) is 14.0 Å². The van der Waals surface area contributed by atoms with E-state index < -0.39 is 17.6 Å². The minimum atomic E-state index is -0.568. The fourth-order valence-corrected chi connectivity index (χ4v) is 4.85. The van der Waals surface area contributed by atoms with Gasteiger partial charge in [0, 0.05) is 32.1 Å². The van der Waals surface area contributed by atoms with Crippen LogP contribution in [0.15, 0.2) is 36.4 Å². The number of nitrogens with zero attached hydrogens (tertiary/aromatic N) is 2. The Morgan fingerprint density at radius 3 is 2.12 bits per heavy atom. The van der Waals surface area contributed by atoms with E-state index in [0.29, 0.717) is 17.2 Å². The number of rotatable bonds is 6. The van der Waals surface area contributed by atoms with Gasteiger partial charge in [0.15, 0.2) is 11.5 Å². The predicted octanol–water partition coefficient (Wildman–Crippen LogP) is 3.33. The quantitative estimate of drug-likeness (QED) is 0.667. The van der Waals surface area contributed by atoms with Gasteiger partial charge < -0.3 is 24.0 Å². The van der Waals surface area contributed by atoms with Crippen LogP contribution in [0, 0.1) is 11.7 Å². The maximum absolute atomic E-state index is 14.3. The summed E-state index contributed by atoms with van der Waals surface area (Å²) in [6, 6.07) is 9.58. The number of methoxy groups -OCH3 is 3. The molecule has 0 spiro atoms. The van der Waals surface area contributed by atoms with E-state index in [1.165, 1.54) is 33.5 Å². The second kappa shape index (κ2) is 9.68. The minimum absolute atomic E-state index is 0.00964. The van der Waals surface area contributed by atoms with Crippen molar-refractivity contribution in [3.8, 4) is 17.2 Å². The summed E-state index contributed by atoms with van der Waals surface area (Å²) >= 11 is 0. The molecular weight excluding hydrogens is 427 g/mol. The third kappa shape index (κ3) is 4.34. The topological polar surface area (TPSA) is 68.3 Å². The maximum Gasteiger partial charge on any atom is 0.256 e. The van der Waals surface area contributed by atoms with Crippen LogP contribution in [-0.2, 0) is 4.79 Å². The smallest absolute Gasteiger partial charge is 0.256 e. The zero-order valence-electron chi connectivity index (χ0n) is 19.2. The largest absolute Gasteiger partial charge is 0.493 e. The molecule has 0 bridgehead atoms. The van der Waals surface area contributed by atoms with Crippen molar-refractivity contribution < 1.29 is 28.2 Å². The molecule has 0 aromatic heterocycles. The van der Waals surface area contributed by atoms with Gasteiger partial charge in [-0.1, -0.05) is 12.1 Å². The number of carbonyl (C=O) groups is 2. The fourth-order valence-electron chi connectivity index (χ4n) is 4.85. The molecule has 0 N–H and O–H groups in total. The summed E-state index contributed by atoms with van der Waals surface area (Å²) in [5.74, 6) is -0.262. The second-order valence-electron chi connectivity index (χ2n) is 8.39. The number of likely N-dealkylation sites (tertiary alicyclic amines) is 2. The van der Waals surface area contributed by atoms with Crippen LogP contribution in [0.5, 0.6) is 17.2 Å². The van der Waals surface area contributed by atoms with Gasteiger partial charge in [-0.25, -0.2) is 4.39 Å². The summed E-state index contributed by atoms with van der Waals surface area (Å²) in [6.45, 7) is 1.96. The van der Waals surface area contributed by atoms with Gasteiger partial charge in [-0.05, 0) is 42.7 Å². The molecule has 0 aliphatic carbocycles. The lowest BCUT2D eigenvalue weighted by molar-refractivity contribution is -0.134. The Kier molecular flexibility index (Phi) is 6.72. The number of hydrogen-bond acceptors (Lipinski definition) is 5. The van der Waals surface area contributed by atoms with Crippen LogP contribution < -0.4 is 14.2 Å². The van der Waals surface area contributed by atoms with Crippen molar-refractivity contribution >= 4 is 11.8 Å². The first kappa shape index (κ1) is 22.9. The van der Waals surface area contributed by atoms with Crippen molar-refractivity contribution in [1.29, 1.82) is 0 Å². The monoisotopic (exact) mass is 456 g/mol. The Balaban J connectivity index is 1.71. The van der Waals surface area contributed by atoms with Gasteiger partial charge in [0.1, 0.15) is 5.82 Å². The molecule has 4 rings (SSSR count). The van der Waals surface area contributed by atoms with Gasteiger partial charge in [-0.2, -0.15) is 0 Å². The van der Waals surface area contributed by atoms with E-state index in [1.54, 1.807) is 17.0 Å². The van der Waals surface area contributed by atoms with Gasteiger partial charge in [0.25, 0.3) is 5.91 Å². The van der Waals surface area contributed by atoms with Crippen molar-refractivity contribution in [2.75, 3.05) is 47.5 Å². The number of ether oxygens (including phenoxy) is 3. The molecule has 2 aromatic carbocycles. The number of benzene rings is 2. The van der Waals surface area contributed by atoms with E-state index >= 15 is 0 Å². The average Bonchev–Trinajstić information content (AvgIpc) is 3.53. The van der Waals surface area contributed by atoms with Crippen molar-refractivity contribution in [3.63, 3.8) is 0 Å². The lowest BCUT2D eigenvalue weighted by atomic mass is 9.87. The van der Waals surface area contributed by atoms with Crippen molar-refractivity contribution in [2.45, 2.75) is 18.8 Å². The SMILES string of the molecule is COc1cc([C@H]2CN(C(=O)c3ccccc3F)C[C@H]2C(=O)N2CCCC2)cc(OC)c1OC. The summed E-state index contributed by atoms with van der Waals surface area (Å²) < 4.78 is 30.8. The molecule has 2 aromatic rings. The third-order valence-corrected chi connectivity index (χ3v) is 6.56. The summed E-state index contributed by atoms with van der Waals surface area (Å²) in [4.78, 5) is 30.1. The predicted molar refractivity (Wildman–Crippen MR) is 120 cm³/mol. The van der Waals surface area contributed by atoms with Crippen LogP contribution in [0.1, 0.15) is 34.7 Å². The Bertz CT molecular complexity index is 1010. The Labute approximate surface area is 193 Å². The van der Waals surface area contributed by atoms with E-state index in [-0.39, 0.29) is 30.5 Å². The highest BCUT2D eigenvalue weighted by Crippen LogP contribution is 2.44. The average molecular weight is 457 g/mol. The van der Waals surface area contributed by atoms with Gasteiger partial charge in [-0.15, -0.1) is 0 Å². The number of halogens is 1. The van der Waals surface area contributed by atoms with E-state index in [2.05, 4.69) is 0 Å². The Hall–Kier alpha value is -3.29. The normalized spacial score (nSPS) is 20.1. The van der Waals surface area contributed by atoms with E-state index in [0.717, 1.165) is 31.5 Å². The third-order valence-electron chi connectivity index (χ3n) is 6.56. The van der Waals surface area contributed by atoms with Gasteiger partial charge in [0.05, 0.1) is 32.8 Å². The molecule has 8 heteroatoms. The van der Waals surface area contributed by atoms with Crippen LogP contribution in [0.4, 0.5) is 4.39 Å². The molecule has 2 amide bonds. The molecule has 2 aliphatic rings. The standard InChI is InChI=1S/C25H29FN2O5/c1-31-21-12-16(13-22(32-2)23(21)33-3)18-14-28(24(29)17-8-4-5-9-20(17)26)15-19(18)25(30)27-10-6-7-11-27/h4-5,8-9,12-13,18-19H,6-7,10-11,14-15H2,1-3H3/t18-,19-/m1/s1. The molecule has 0 radical (unpaired) electrons. The lowest BCUT2D eigenvalue weighted by Gasteiger charge is -2.25. The first-order valence-electron chi connectivity index (χ1n) is 11.1. The molecular formula is C25H29FN2O5. The lowest BCUT2D eigenvalue weighted by Crippen LogP contribution is -2.37. The molecule has 33 heavy (non-hydrogen) atoms. The molecule has 2 saturated heterocycles. The molecule has 2 atom stereocenters. The molecule has 2 heterocycles. The first-order chi connectivity index (χ1) is 16.0. The minimum Gasteiger partial charge on any atom is -0.493 e. The van der Waals surface area contributed by atoms with E-state index in [1.807, 2.05) is 17.0 Å². The maximum atomic E-state index is 14.3. The summed E-state index contributed by atoms with van der Waals surface area (Å²) in [7, 11) is 4.61. The molecule has 0 unspecified atom stereocenters. The zero-order chi connectivity index (χ0) is 23.5. The van der Waals surface area contributed by atoms with Crippen LogP contribution in [0.3, 0.4) is 0 Å².